The van der Waals surface area contributed by atoms with E-state index in [1.807, 2.05) is 13.0 Å². The number of aryl methyl sites for hydroxylation is 1. The number of anilines is 3. The molecule has 1 aliphatic heterocycles. The number of ether oxygens (including phenoxy) is 2. The summed E-state index contributed by atoms with van der Waals surface area (Å²) in [5.74, 6) is -1.23. The molecule has 4 bridgehead atoms. The normalized spacial score (nSPS) is 34.5. The maximum atomic E-state index is 13.0. The van der Waals surface area contributed by atoms with Crippen LogP contribution in [0.1, 0.15) is 56.0 Å². The molecular formula is C24H29F3N6O4. The van der Waals surface area contributed by atoms with Crippen LogP contribution in [0.4, 0.5) is 30.8 Å². The molecule has 4 aliphatic carbocycles. The average Bonchev–Trinajstić information content (AvgIpc) is 3.49. The summed E-state index contributed by atoms with van der Waals surface area (Å²) in [4.78, 5) is 21.0. The molecule has 1 saturated heterocycles. The maximum absolute atomic E-state index is 13.0. The molecule has 10 nitrogen and oxygen atoms in total. The first-order valence-electron chi connectivity index (χ1n) is 12.6. The first-order valence-corrected chi connectivity index (χ1v) is 12.6. The number of aromatic amines is 1. The molecule has 3 heterocycles. The number of carbonyl (C=O) groups is 1. The average molecular weight is 523 g/mol. The zero-order valence-corrected chi connectivity index (χ0v) is 20.2. The number of aromatic nitrogens is 4. The topological polar surface area (TPSA) is 134 Å². The molecule has 2 aromatic rings. The Morgan fingerprint density at radius 3 is 2.78 bits per heavy atom. The lowest BCUT2D eigenvalue weighted by Gasteiger charge is -2.61. The number of carbonyl (C=O) groups excluding carboxylic acids is 1. The minimum Gasteiger partial charge on any atom is -0.452 e. The number of nitrogens with zero attached hydrogens (tertiary/aromatic N) is 3. The third-order valence-electron chi connectivity index (χ3n) is 8.12. The number of halogens is 3. The van der Waals surface area contributed by atoms with E-state index in [-0.39, 0.29) is 30.4 Å². The van der Waals surface area contributed by atoms with E-state index in [0.717, 1.165) is 25.0 Å². The standard InChI is InChI=1S/C24H29F3N6O4/c1-11-5-18(33-32-11)29-17-8-15(16-3-2-4-36-16)28-22(30-17)31-19-13-6-12-7-14(19)20(23(35,9-12)10-13)37-21(34)24(25,26)27/h5,8,12-14,16,19-20,35H,2-4,6-7,9-10H2,1H3,(H3,28,29,30,31,32,33). The van der Waals surface area contributed by atoms with Crippen molar-refractivity contribution in [3.63, 3.8) is 0 Å². The monoisotopic (exact) mass is 522 g/mol. The number of aliphatic hydroxyl groups is 1. The predicted octanol–water partition coefficient (Wildman–Crippen LogP) is 3.54. The van der Waals surface area contributed by atoms with Gasteiger partial charge in [0.25, 0.3) is 0 Å². The van der Waals surface area contributed by atoms with Gasteiger partial charge in [0.2, 0.25) is 5.95 Å². The van der Waals surface area contributed by atoms with Crippen molar-refractivity contribution in [3.8, 4) is 0 Å². The van der Waals surface area contributed by atoms with Crippen molar-refractivity contribution in [2.45, 2.75) is 75.5 Å². The zero-order chi connectivity index (χ0) is 25.9. The number of alkyl halides is 3. The highest BCUT2D eigenvalue weighted by molar-refractivity contribution is 5.76. The van der Waals surface area contributed by atoms with Gasteiger partial charge in [0.05, 0.1) is 11.8 Å². The smallest absolute Gasteiger partial charge is 0.452 e. The van der Waals surface area contributed by atoms with Crippen LogP contribution < -0.4 is 10.6 Å². The third kappa shape index (κ3) is 4.63. The molecule has 4 saturated carbocycles. The molecular weight excluding hydrogens is 493 g/mol. The maximum Gasteiger partial charge on any atom is 0.490 e. The van der Waals surface area contributed by atoms with Crippen LogP contribution in [0.2, 0.25) is 0 Å². The minimum atomic E-state index is -5.13. The molecule has 0 aromatic carbocycles. The Morgan fingerprint density at radius 2 is 2.08 bits per heavy atom. The van der Waals surface area contributed by atoms with Crippen LogP contribution in [0.25, 0.3) is 0 Å². The Labute approximate surface area is 210 Å². The lowest BCUT2D eigenvalue weighted by atomic mass is 9.51. The van der Waals surface area contributed by atoms with E-state index in [2.05, 4.69) is 25.8 Å². The van der Waals surface area contributed by atoms with E-state index < -0.39 is 29.8 Å². The number of rotatable bonds is 6. The van der Waals surface area contributed by atoms with Gasteiger partial charge in [0, 0.05) is 36.4 Å². The number of nitrogens with one attached hydrogen (secondary N) is 3. The van der Waals surface area contributed by atoms with Gasteiger partial charge < -0.3 is 25.2 Å². The van der Waals surface area contributed by atoms with Gasteiger partial charge in [0.15, 0.2) is 5.82 Å². The highest BCUT2D eigenvalue weighted by Crippen LogP contribution is 2.57. The molecule has 200 valence electrons. The molecule has 7 rings (SSSR count). The molecule has 5 aliphatic rings. The van der Waals surface area contributed by atoms with Gasteiger partial charge in [-0.3, -0.25) is 5.10 Å². The largest absolute Gasteiger partial charge is 0.490 e. The zero-order valence-electron chi connectivity index (χ0n) is 20.2. The van der Waals surface area contributed by atoms with Gasteiger partial charge in [-0.05, 0) is 57.3 Å². The fraction of sp³-hybridized carbons (Fsp3) is 0.667. The summed E-state index contributed by atoms with van der Waals surface area (Å²) in [5.41, 5.74) is 0.105. The van der Waals surface area contributed by atoms with Crippen molar-refractivity contribution in [2.75, 3.05) is 17.2 Å². The van der Waals surface area contributed by atoms with E-state index in [1.165, 1.54) is 0 Å². The van der Waals surface area contributed by atoms with Crippen LogP contribution in [0.5, 0.6) is 0 Å². The Morgan fingerprint density at radius 1 is 1.24 bits per heavy atom. The fourth-order valence-electron chi connectivity index (χ4n) is 6.85. The predicted molar refractivity (Wildman–Crippen MR) is 124 cm³/mol. The third-order valence-corrected chi connectivity index (χ3v) is 8.12. The molecule has 37 heavy (non-hydrogen) atoms. The molecule has 0 radical (unpaired) electrons. The first-order chi connectivity index (χ1) is 17.6. The summed E-state index contributed by atoms with van der Waals surface area (Å²) in [7, 11) is 0. The van der Waals surface area contributed by atoms with Gasteiger partial charge in [-0.15, -0.1) is 0 Å². The van der Waals surface area contributed by atoms with Crippen LogP contribution in [-0.2, 0) is 14.3 Å². The van der Waals surface area contributed by atoms with Crippen LogP contribution in [0.15, 0.2) is 12.1 Å². The van der Waals surface area contributed by atoms with Gasteiger partial charge >= 0.3 is 12.1 Å². The van der Waals surface area contributed by atoms with Gasteiger partial charge in [-0.1, -0.05) is 0 Å². The van der Waals surface area contributed by atoms with E-state index in [9.17, 15) is 23.1 Å². The van der Waals surface area contributed by atoms with E-state index in [0.29, 0.717) is 42.7 Å². The molecule has 0 spiro atoms. The lowest BCUT2D eigenvalue weighted by molar-refractivity contribution is -0.249. The Balaban J connectivity index is 1.29. The highest BCUT2D eigenvalue weighted by atomic mass is 19.4. The Hall–Kier alpha value is -2.93. The molecule has 7 atom stereocenters. The van der Waals surface area contributed by atoms with E-state index in [4.69, 9.17) is 14.5 Å². The van der Waals surface area contributed by atoms with Crippen molar-refractivity contribution in [3.05, 3.63) is 23.5 Å². The number of H-pyrrole nitrogens is 1. The van der Waals surface area contributed by atoms with Crippen molar-refractivity contribution in [1.82, 2.24) is 20.2 Å². The van der Waals surface area contributed by atoms with Crippen molar-refractivity contribution >= 4 is 23.6 Å². The summed E-state index contributed by atoms with van der Waals surface area (Å²) in [6.07, 6.45) is -2.87. The van der Waals surface area contributed by atoms with Crippen LogP contribution in [0, 0.1) is 24.7 Å². The van der Waals surface area contributed by atoms with Crippen molar-refractivity contribution in [2.24, 2.45) is 17.8 Å². The molecule has 7 unspecified atom stereocenters. The number of esters is 1. The summed E-state index contributed by atoms with van der Waals surface area (Å²) >= 11 is 0. The van der Waals surface area contributed by atoms with Crippen LogP contribution in [-0.4, -0.2) is 61.8 Å². The van der Waals surface area contributed by atoms with E-state index >= 15 is 0 Å². The second-order valence-corrected chi connectivity index (χ2v) is 10.8. The first kappa shape index (κ1) is 24.4. The molecule has 2 aromatic heterocycles. The van der Waals surface area contributed by atoms with Crippen LogP contribution >= 0.6 is 0 Å². The van der Waals surface area contributed by atoms with Gasteiger partial charge in [-0.2, -0.15) is 23.3 Å². The number of hydrogen-bond donors (Lipinski definition) is 4. The molecule has 4 N–H and O–H groups in total. The second kappa shape index (κ2) is 8.83. The fourth-order valence-corrected chi connectivity index (χ4v) is 6.85. The SMILES string of the molecule is Cc1cc(Nc2cc(C3CCCO3)nc(NC3C4CC5CC3C(OC(=O)C(F)(F)F)C(O)(C5)C4)n2)n[nH]1. The van der Waals surface area contributed by atoms with Crippen molar-refractivity contribution < 1.29 is 32.5 Å². The minimum absolute atomic E-state index is 0.0104. The summed E-state index contributed by atoms with van der Waals surface area (Å²) in [6.45, 7) is 2.52. The molecule has 13 heteroatoms. The quantitative estimate of drug-likeness (QED) is 0.420. The Bertz CT molecular complexity index is 1190. The highest BCUT2D eigenvalue weighted by Gasteiger charge is 2.63. The summed E-state index contributed by atoms with van der Waals surface area (Å²) in [5, 5.41) is 24.8. The van der Waals surface area contributed by atoms with Gasteiger partial charge in [-0.25, -0.2) is 9.78 Å². The summed E-state index contributed by atoms with van der Waals surface area (Å²) in [6, 6.07) is 3.28. The van der Waals surface area contributed by atoms with E-state index in [1.54, 1.807) is 6.07 Å². The Kier molecular flexibility index (Phi) is 5.82. The second-order valence-electron chi connectivity index (χ2n) is 10.8. The van der Waals surface area contributed by atoms with Crippen molar-refractivity contribution in [1.29, 1.82) is 0 Å². The molecule has 5 fully saturated rings. The lowest BCUT2D eigenvalue weighted by Crippen LogP contribution is -2.68. The number of hydrogen-bond acceptors (Lipinski definition) is 9. The van der Waals surface area contributed by atoms with Crippen LogP contribution in [0.3, 0.4) is 0 Å². The molecule has 0 amide bonds. The summed E-state index contributed by atoms with van der Waals surface area (Å²) < 4.78 is 49.9. The van der Waals surface area contributed by atoms with Gasteiger partial charge in [0.1, 0.15) is 17.5 Å².